The van der Waals surface area contributed by atoms with Crippen molar-refractivity contribution in [1.82, 2.24) is 0 Å². The highest BCUT2D eigenvalue weighted by atomic mass is 15.1. The molecule has 0 amide bonds. The van der Waals surface area contributed by atoms with Crippen molar-refractivity contribution in [2.45, 2.75) is 25.8 Å². The molecule has 0 saturated heterocycles. The van der Waals surface area contributed by atoms with Crippen LogP contribution in [0.5, 0.6) is 0 Å². The molecule has 2 N–H and O–H groups in total. The monoisotopic (exact) mass is 252 g/mol. The van der Waals surface area contributed by atoms with Crippen molar-refractivity contribution in [2.75, 3.05) is 17.7 Å². The lowest BCUT2D eigenvalue weighted by Crippen LogP contribution is -2.16. The lowest BCUT2D eigenvalue weighted by molar-refractivity contribution is 0.907. The molecule has 0 heterocycles. The summed E-state index contributed by atoms with van der Waals surface area (Å²) in [6.07, 6.45) is 3.81. The lowest BCUT2D eigenvalue weighted by atomic mass is 10.1. The minimum Gasteiger partial charge on any atom is -0.399 e. The fourth-order valence-electron chi connectivity index (χ4n) is 2.82. The van der Waals surface area contributed by atoms with Crippen molar-refractivity contribution in [3.8, 4) is 0 Å². The Morgan fingerprint density at radius 1 is 1.00 bits per heavy atom. The van der Waals surface area contributed by atoms with E-state index in [-0.39, 0.29) is 0 Å². The molecule has 0 atom stereocenters. The van der Waals surface area contributed by atoms with Gasteiger partial charge in [0.05, 0.1) is 0 Å². The molecule has 98 valence electrons. The molecule has 0 radical (unpaired) electrons. The Kier molecular flexibility index (Phi) is 3.16. The third kappa shape index (κ3) is 2.58. The average Bonchev–Trinajstić information content (AvgIpc) is 2.87. The molecule has 0 unspecified atom stereocenters. The number of hydrogen-bond acceptors (Lipinski definition) is 2. The maximum Gasteiger partial charge on any atom is 0.0426 e. The van der Waals surface area contributed by atoms with Gasteiger partial charge in [0, 0.05) is 25.0 Å². The van der Waals surface area contributed by atoms with E-state index >= 15 is 0 Å². The second kappa shape index (κ2) is 4.96. The average molecular weight is 252 g/mol. The van der Waals surface area contributed by atoms with Crippen LogP contribution in [-0.2, 0) is 19.4 Å². The van der Waals surface area contributed by atoms with E-state index < -0.39 is 0 Å². The van der Waals surface area contributed by atoms with Gasteiger partial charge >= 0.3 is 0 Å². The number of nitrogens with two attached hydrogens (primary N) is 1. The fourth-order valence-corrected chi connectivity index (χ4v) is 2.82. The third-order valence-corrected chi connectivity index (χ3v) is 3.92. The molecule has 0 aliphatic heterocycles. The maximum atomic E-state index is 5.72. The zero-order valence-electron chi connectivity index (χ0n) is 11.4. The van der Waals surface area contributed by atoms with Crippen molar-refractivity contribution in [1.29, 1.82) is 0 Å². The van der Waals surface area contributed by atoms with Crippen LogP contribution >= 0.6 is 0 Å². The normalized spacial score (nSPS) is 13.3. The summed E-state index contributed by atoms with van der Waals surface area (Å²) in [6, 6.07) is 15.0. The van der Waals surface area contributed by atoms with E-state index in [9.17, 15) is 0 Å². The Morgan fingerprint density at radius 3 is 2.53 bits per heavy atom. The van der Waals surface area contributed by atoms with Crippen LogP contribution < -0.4 is 10.6 Å². The molecule has 0 fully saturated rings. The highest BCUT2D eigenvalue weighted by molar-refractivity contribution is 5.53. The predicted octanol–water partition coefficient (Wildman–Crippen LogP) is 3.39. The second-order valence-corrected chi connectivity index (χ2v) is 5.40. The van der Waals surface area contributed by atoms with Gasteiger partial charge in [-0.1, -0.05) is 18.2 Å². The molecule has 1 aliphatic rings. The summed E-state index contributed by atoms with van der Waals surface area (Å²) in [4.78, 5) is 2.26. The number of aryl methyl sites for hydroxylation is 2. The van der Waals surface area contributed by atoms with Crippen molar-refractivity contribution < 1.29 is 0 Å². The number of hydrogen-bond donors (Lipinski definition) is 1. The second-order valence-electron chi connectivity index (χ2n) is 5.40. The van der Waals surface area contributed by atoms with E-state index in [2.05, 4.69) is 42.3 Å². The molecule has 2 nitrogen and oxygen atoms in total. The van der Waals surface area contributed by atoms with Gasteiger partial charge in [-0.3, -0.25) is 0 Å². The minimum atomic E-state index is 0.815. The van der Waals surface area contributed by atoms with Crippen molar-refractivity contribution in [3.05, 3.63) is 59.2 Å². The van der Waals surface area contributed by atoms with Gasteiger partial charge in [0.1, 0.15) is 0 Å². The SMILES string of the molecule is CN(Cc1ccc2c(c1)CCC2)c1ccc(N)cc1. The molecule has 0 spiro atoms. The van der Waals surface area contributed by atoms with Crippen LogP contribution in [0.4, 0.5) is 11.4 Å². The molecule has 0 bridgehead atoms. The summed E-state index contributed by atoms with van der Waals surface area (Å²) >= 11 is 0. The standard InChI is InChI=1S/C17H20N2/c1-19(17-9-7-16(18)8-10-17)12-13-5-6-14-3-2-4-15(14)11-13/h5-11H,2-4,12,18H2,1H3. The van der Waals surface area contributed by atoms with Gasteiger partial charge < -0.3 is 10.6 Å². The van der Waals surface area contributed by atoms with Gasteiger partial charge in [-0.25, -0.2) is 0 Å². The first-order valence-electron chi connectivity index (χ1n) is 6.90. The summed E-state index contributed by atoms with van der Waals surface area (Å²) in [7, 11) is 2.12. The number of rotatable bonds is 3. The van der Waals surface area contributed by atoms with E-state index in [1.807, 2.05) is 12.1 Å². The molecule has 0 saturated carbocycles. The zero-order valence-corrected chi connectivity index (χ0v) is 11.4. The smallest absolute Gasteiger partial charge is 0.0426 e. The predicted molar refractivity (Wildman–Crippen MR) is 81.4 cm³/mol. The van der Waals surface area contributed by atoms with Crippen LogP contribution in [-0.4, -0.2) is 7.05 Å². The Balaban J connectivity index is 1.75. The number of fused-ring (bicyclic) bond motifs is 1. The van der Waals surface area contributed by atoms with Gasteiger partial charge in [-0.05, 0) is 60.2 Å². The summed E-state index contributed by atoms with van der Waals surface area (Å²) in [5.74, 6) is 0. The van der Waals surface area contributed by atoms with Crippen LogP contribution in [0.3, 0.4) is 0 Å². The van der Waals surface area contributed by atoms with Crippen LogP contribution in [0.25, 0.3) is 0 Å². The van der Waals surface area contributed by atoms with Gasteiger partial charge in [-0.2, -0.15) is 0 Å². The van der Waals surface area contributed by atoms with Gasteiger partial charge in [0.25, 0.3) is 0 Å². The molecular weight excluding hydrogens is 232 g/mol. The first kappa shape index (κ1) is 12.1. The fraction of sp³-hybridized carbons (Fsp3) is 0.294. The molecule has 2 aromatic carbocycles. The van der Waals surface area contributed by atoms with Gasteiger partial charge in [0.15, 0.2) is 0 Å². The van der Waals surface area contributed by atoms with Crippen molar-refractivity contribution in [2.24, 2.45) is 0 Å². The number of nitrogen functional groups attached to an aromatic ring is 1. The number of nitrogens with zero attached hydrogens (tertiary/aromatic N) is 1. The molecule has 1 aliphatic carbocycles. The maximum absolute atomic E-state index is 5.72. The first-order chi connectivity index (χ1) is 9.22. The van der Waals surface area contributed by atoms with E-state index in [1.165, 1.54) is 30.5 Å². The number of anilines is 2. The van der Waals surface area contributed by atoms with Crippen molar-refractivity contribution >= 4 is 11.4 Å². The summed E-state index contributed by atoms with van der Waals surface area (Å²) in [5.41, 5.74) is 12.2. The third-order valence-electron chi connectivity index (χ3n) is 3.92. The molecule has 2 heteroatoms. The molecular formula is C17H20N2. The molecule has 2 aromatic rings. The molecule has 19 heavy (non-hydrogen) atoms. The van der Waals surface area contributed by atoms with Gasteiger partial charge in [-0.15, -0.1) is 0 Å². The Hall–Kier alpha value is -1.96. The highest BCUT2D eigenvalue weighted by Gasteiger charge is 2.11. The van der Waals surface area contributed by atoms with Crippen molar-refractivity contribution in [3.63, 3.8) is 0 Å². The van der Waals surface area contributed by atoms with E-state index in [0.717, 1.165) is 12.2 Å². The van der Waals surface area contributed by atoms with E-state index in [1.54, 1.807) is 11.1 Å². The van der Waals surface area contributed by atoms with Gasteiger partial charge in [0.2, 0.25) is 0 Å². The highest BCUT2D eigenvalue weighted by Crippen LogP contribution is 2.24. The Morgan fingerprint density at radius 2 is 1.74 bits per heavy atom. The summed E-state index contributed by atoms with van der Waals surface area (Å²) in [5, 5.41) is 0. The van der Waals surface area contributed by atoms with E-state index in [4.69, 9.17) is 5.73 Å². The van der Waals surface area contributed by atoms with Crippen LogP contribution in [0.1, 0.15) is 23.1 Å². The lowest BCUT2D eigenvalue weighted by Gasteiger charge is -2.20. The topological polar surface area (TPSA) is 29.3 Å². The zero-order chi connectivity index (χ0) is 13.2. The van der Waals surface area contributed by atoms with E-state index in [0.29, 0.717) is 0 Å². The Labute approximate surface area is 114 Å². The summed E-state index contributed by atoms with van der Waals surface area (Å²) < 4.78 is 0. The minimum absolute atomic E-state index is 0.815. The quantitative estimate of drug-likeness (QED) is 0.848. The molecule has 0 aromatic heterocycles. The number of benzene rings is 2. The van der Waals surface area contributed by atoms with Crippen LogP contribution in [0.2, 0.25) is 0 Å². The van der Waals surface area contributed by atoms with Crippen LogP contribution in [0, 0.1) is 0 Å². The summed E-state index contributed by atoms with van der Waals surface area (Å²) in [6.45, 7) is 0.942. The largest absolute Gasteiger partial charge is 0.399 e. The Bertz CT molecular complexity index is 572. The first-order valence-corrected chi connectivity index (χ1v) is 6.90. The van der Waals surface area contributed by atoms with Crippen LogP contribution in [0.15, 0.2) is 42.5 Å². The molecule has 3 rings (SSSR count).